The summed E-state index contributed by atoms with van der Waals surface area (Å²) in [6, 6.07) is -0.240. The average molecular weight is 297 g/mol. The molecule has 0 rings (SSSR count). The van der Waals surface area contributed by atoms with Gasteiger partial charge in [0.05, 0.1) is 12.1 Å². The van der Waals surface area contributed by atoms with Gasteiger partial charge in [-0.1, -0.05) is 0 Å². The summed E-state index contributed by atoms with van der Waals surface area (Å²) in [4.78, 5) is 12.8. The Morgan fingerprint density at radius 2 is 1.75 bits per heavy atom. The Kier molecular flexibility index (Phi) is 6.97. The summed E-state index contributed by atoms with van der Waals surface area (Å²) >= 11 is 0. The first-order chi connectivity index (χ1) is 8.87. The number of hydrogen-bond acceptors (Lipinski definition) is 3. The Bertz CT molecular complexity index is 318. The Labute approximate surface area is 118 Å². The Morgan fingerprint density at radius 1 is 1.25 bits per heavy atom. The molecule has 0 fully saturated rings. The second kappa shape index (κ2) is 7.26. The van der Waals surface area contributed by atoms with Crippen LogP contribution >= 0.6 is 0 Å². The lowest BCUT2D eigenvalue weighted by Gasteiger charge is -2.34. The van der Waals surface area contributed by atoms with Gasteiger partial charge in [0.1, 0.15) is 0 Å². The van der Waals surface area contributed by atoms with Crippen molar-refractivity contribution in [1.82, 2.24) is 10.2 Å². The lowest BCUT2D eigenvalue weighted by molar-refractivity contribution is -0.150. The van der Waals surface area contributed by atoms with Crippen molar-refractivity contribution in [3.8, 4) is 0 Å². The third-order valence-electron chi connectivity index (χ3n) is 3.16. The first kappa shape index (κ1) is 19.2. The van der Waals surface area contributed by atoms with Gasteiger partial charge in [-0.05, 0) is 41.0 Å². The zero-order valence-corrected chi connectivity index (χ0v) is 12.8. The van der Waals surface area contributed by atoms with E-state index in [2.05, 4.69) is 5.32 Å². The molecule has 0 aromatic rings. The molecule has 0 aliphatic carbocycles. The van der Waals surface area contributed by atoms with Gasteiger partial charge in [0, 0.05) is 18.6 Å². The molecule has 0 aromatic carbocycles. The van der Waals surface area contributed by atoms with Crippen LogP contribution in [0.3, 0.4) is 0 Å². The number of carbonyl (C=O) groups excluding carboxylic acids is 1. The maximum absolute atomic E-state index is 12.5. The first-order valence-electron chi connectivity index (χ1n) is 6.76. The van der Waals surface area contributed by atoms with Gasteiger partial charge in [-0.15, -0.1) is 0 Å². The van der Waals surface area contributed by atoms with Crippen molar-refractivity contribution < 1.29 is 18.0 Å². The summed E-state index contributed by atoms with van der Waals surface area (Å²) in [5.41, 5.74) is 4.36. The van der Waals surface area contributed by atoms with Gasteiger partial charge in [-0.3, -0.25) is 9.69 Å². The van der Waals surface area contributed by atoms with Gasteiger partial charge in [0.2, 0.25) is 5.91 Å². The van der Waals surface area contributed by atoms with E-state index in [4.69, 9.17) is 5.73 Å². The van der Waals surface area contributed by atoms with E-state index >= 15 is 0 Å². The molecular formula is C13H26F3N3O. The van der Waals surface area contributed by atoms with Crippen LogP contribution in [0.25, 0.3) is 0 Å². The van der Waals surface area contributed by atoms with E-state index in [1.807, 2.05) is 13.8 Å². The summed E-state index contributed by atoms with van der Waals surface area (Å²) in [5.74, 6) is -0.554. The minimum Gasteiger partial charge on any atom is -0.368 e. The van der Waals surface area contributed by atoms with Crippen molar-refractivity contribution in [2.45, 2.75) is 64.8 Å². The van der Waals surface area contributed by atoms with Gasteiger partial charge in [-0.2, -0.15) is 13.2 Å². The molecule has 0 spiro atoms. The molecule has 4 nitrogen and oxygen atoms in total. The highest BCUT2D eigenvalue weighted by atomic mass is 19.4. The number of halogens is 3. The highest BCUT2D eigenvalue weighted by Crippen LogP contribution is 2.20. The highest BCUT2D eigenvalue weighted by Gasteiger charge is 2.35. The first-order valence-corrected chi connectivity index (χ1v) is 6.76. The molecule has 7 heteroatoms. The fraction of sp³-hybridized carbons (Fsp3) is 0.923. The number of carbonyl (C=O) groups is 1. The van der Waals surface area contributed by atoms with E-state index in [1.165, 1.54) is 4.90 Å². The van der Waals surface area contributed by atoms with Crippen LogP contribution in [0.4, 0.5) is 13.2 Å². The lowest BCUT2D eigenvalue weighted by atomic mass is 9.95. The number of nitrogens with two attached hydrogens (primary N) is 1. The minimum absolute atomic E-state index is 0.0163. The molecule has 0 saturated carbocycles. The van der Waals surface area contributed by atoms with Crippen molar-refractivity contribution in [2.75, 3.05) is 13.1 Å². The minimum atomic E-state index is -4.25. The second-order valence-corrected chi connectivity index (χ2v) is 5.92. The van der Waals surface area contributed by atoms with Gasteiger partial charge >= 0.3 is 6.18 Å². The van der Waals surface area contributed by atoms with E-state index in [-0.39, 0.29) is 25.0 Å². The number of alkyl halides is 3. The van der Waals surface area contributed by atoms with Gasteiger partial charge < -0.3 is 11.1 Å². The molecule has 1 atom stereocenters. The van der Waals surface area contributed by atoms with E-state index < -0.39 is 24.2 Å². The standard InChI is InChI=1S/C13H26F3N3O/c1-9(2)18-12(5,11(17)20)6-7-19(10(3)4)8-13(14,15)16/h9-10,18H,6-8H2,1-5H3,(H2,17,20). The molecule has 0 aliphatic rings. The number of nitrogens with zero attached hydrogens (tertiary/aromatic N) is 1. The van der Waals surface area contributed by atoms with E-state index in [1.54, 1.807) is 20.8 Å². The van der Waals surface area contributed by atoms with Crippen LogP contribution in [-0.2, 0) is 4.79 Å². The molecular weight excluding hydrogens is 271 g/mol. The van der Waals surface area contributed by atoms with Crippen molar-refractivity contribution in [2.24, 2.45) is 5.73 Å². The van der Waals surface area contributed by atoms with Gasteiger partial charge in [-0.25, -0.2) is 0 Å². The van der Waals surface area contributed by atoms with Gasteiger partial charge in [0.25, 0.3) is 0 Å². The van der Waals surface area contributed by atoms with Gasteiger partial charge in [0.15, 0.2) is 0 Å². The Hall–Kier alpha value is -0.820. The van der Waals surface area contributed by atoms with Crippen LogP contribution in [0.2, 0.25) is 0 Å². The fourth-order valence-corrected chi connectivity index (χ4v) is 2.02. The summed E-state index contributed by atoms with van der Waals surface area (Å²) in [6.45, 7) is 7.90. The molecule has 0 bridgehead atoms. The molecule has 0 radical (unpaired) electrons. The van der Waals surface area contributed by atoms with E-state index in [0.29, 0.717) is 0 Å². The van der Waals surface area contributed by atoms with Crippen LogP contribution in [-0.4, -0.2) is 47.7 Å². The topological polar surface area (TPSA) is 58.4 Å². The van der Waals surface area contributed by atoms with Crippen LogP contribution < -0.4 is 11.1 Å². The van der Waals surface area contributed by atoms with Crippen LogP contribution in [0.15, 0.2) is 0 Å². The lowest BCUT2D eigenvalue weighted by Crippen LogP contribution is -2.57. The second-order valence-electron chi connectivity index (χ2n) is 5.92. The summed E-state index contributed by atoms with van der Waals surface area (Å²) in [5, 5.41) is 3.03. The largest absolute Gasteiger partial charge is 0.401 e. The predicted octanol–water partition coefficient (Wildman–Crippen LogP) is 1.89. The zero-order valence-electron chi connectivity index (χ0n) is 12.8. The molecule has 1 unspecified atom stereocenters. The SMILES string of the molecule is CC(C)NC(C)(CCN(CC(F)(F)F)C(C)C)C(N)=O. The average Bonchev–Trinajstić information content (AvgIpc) is 2.21. The Morgan fingerprint density at radius 3 is 2.05 bits per heavy atom. The van der Waals surface area contributed by atoms with Crippen LogP contribution in [0.1, 0.15) is 41.0 Å². The molecule has 0 saturated heterocycles. The maximum Gasteiger partial charge on any atom is 0.401 e. The summed E-state index contributed by atoms with van der Waals surface area (Å²) in [6.07, 6.45) is -4.02. The van der Waals surface area contributed by atoms with Crippen molar-refractivity contribution in [3.63, 3.8) is 0 Å². The summed E-state index contributed by atoms with van der Waals surface area (Å²) in [7, 11) is 0. The quantitative estimate of drug-likeness (QED) is 0.719. The Balaban J connectivity index is 4.76. The molecule has 1 amide bonds. The maximum atomic E-state index is 12.5. The fourth-order valence-electron chi connectivity index (χ4n) is 2.02. The highest BCUT2D eigenvalue weighted by molar-refractivity contribution is 5.84. The normalized spacial score (nSPS) is 15.9. The molecule has 20 heavy (non-hydrogen) atoms. The number of rotatable bonds is 8. The number of amides is 1. The van der Waals surface area contributed by atoms with Crippen LogP contribution in [0.5, 0.6) is 0 Å². The third kappa shape index (κ3) is 7.09. The molecule has 0 aromatic heterocycles. The smallest absolute Gasteiger partial charge is 0.368 e. The number of primary amides is 1. The molecule has 120 valence electrons. The number of nitrogens with one attached hydrogen (secondary N) is 1. The van der Waals surface area contributed by atoms with E-state index in [0.717, 1.165) is 0 Å². The molecule has 3 N–H and O–H groups in total. The zero-order chi connectivity index (χ0) is 16.1. The third-order valence-corrected chi connectivity index (χ3v) is 3.16. The predicted molar refractivity (Wildman–Crippen MR) is 73.3 cm³/mol. The monoisotopic (exact) mass is 297 g/mol. The van der Waals surface area contributed by atoms with Crippen molar-refractivity contribution in [1.29, 1.82) is 0 Å². The van der Waals surface area contributed by atoms with Crippen LogP contribution in [0, 0.1) is 0 Å². The summed E-state index contributed by atoms with van der Waals surface area (Å²) < 4.78 is 37.5. The molecule has 0 heterocycles. The number of hydrogen-bond donors (Lipinski definition) is 2. The van der Waals surface area contributed by atoms with Crippen molar-refractivity contribution >= 4 is 5.91 Å². The van der Waals surface area contributed by atoms with E-state index in [9.17, 15) is 18.0 Å². The molecule has 0 aliphatic heterocycles. The van der Waals surface area contributed by atoms with Crippen molar-refractivity contribution in [3.05, 3.63) is 0 Å².